The summed E-state index contributed by atoms with van der Waals surface area (Å²) in [6.45, 7) is 11.7. The predicted octanol–water partition coefficient (Wildman–Crippen LogP) is 4.13. The van der Waals surface area contributed by atoms with Gasteiger partial charge < -0.3 is 5.11 Å². The summed E-state index contributed by atoms with van der Waals surface area (Å²) in [4.78, 5) is 0. The monoisotopic (exact) mass is 246 g/mol. The standard InChI is InChI=1S/C17H26O/c1-6-17(5)11-16(3,4)14-8-7-13(9-15(14)17)12(2)10-18/h7-9,12,18H,6,10-11H2,1-5H3. The molecule has 100 valence electrons. The van der Waals surface area contributed by atoms with Crippen LogP contribution in [0.1, 0.15) is 70.1 Å². The first-order valence-electron chi connectivity index (χ1n) is 7.10. The lowest BCUT2D eigenvalue weighted by atomic mass is 9.78. The topological polar surface area (TPSA) is 20.2 Å². The van der Waals surface area contributed by atoms with Gasteiger partial charge in [-0.2, -0.15) is 0 Å². The van der Waals surface area contributed by atoms with Crippen molar-refractivity contribution in [3.8, 4) is 0 Å². The Morgan fingerprint density at radius 3 is 2.44 bits per heavy atom. The Morgan fingerprint density at radius 2 is 1.89 bits per heavy atom. The molecule has 18 heavy (non-hydrogen) atoms. The molecular formula is C17H26O. The second-order valence-electron chi connectivity index (χ2n) is 6.86. The number of hydrogen-bond acceptors (Lipinski definition) is 1. The normalized spacial score (nSPS) is 27.0. The van der Waals surface area contributed by atoms with Crippen molar-refractivity contribution in [1.29, 1.82) is 0 Å². The predicted molar refractivity (Wildman–Crippen MR) is 77.2 cm³/mol. The summed E-state index contributed by atoms with van der Waals surface area (Å²) in [6, 6.07) is 6.83. The quantitative estimate of drug-likeness (QED) is 0.850. The van der Waals surface area contributed by atoms with Gasteiger partial charge in [0.2, 0.25) is 0 Å². The van der Waals surface area contributed by atoms with Crippen molar-refractivity contribution in [2.45, 2.75) is 64.2 Å². The third-order valence-corrected chi connectivity index (χ3v) is 4.88. The van der Waals surface area contributed by atoms with Crippen LogP contribution in [0.3, 0.4) is 0 Å². The molecule has 0 heterocycles. The number of fused-ring (bicyclic) bond motifs is 1. The smallest absolute Gasteiger partial charge is 0.0497 e. The summed E-state index contributed by atoms with van der Waals surface area (Å²) in [6.07, 6.45) is 2.41. The summed E-state index contributed by atoms with van der Waals surface area (Å²) in [5, 5.41) is 9.33. The highest BCUT2D eigenvalue weighted by Gasteiger charge is 2.43. The van der Waals surface area contributed by atoms with E-state index in [1.54, 1.807) is 0 Å². The van der Waals surface area contributed by atoms with Gasteiger partial charge in [0.1, 0.15) is 0 Å². The van der Waals surface area contributed by atoms with E-state index in [1.807, 2.05) is 0 Å². The first-order valence-corrected chi connectivity index (χ1v) is 7.10. The molecule has 0 saturated heterocycles. The molecule has 1 aromatic rings. The molecule has 1 aliphatic carbocycles. The average Bonchev–Trinajstić information content (AvgIpc) is 2.56. The van der Waals surface area contributed by atoms with Gasteiger partial charge >= 0.3 is 0 Å². The molecule has 2 unspecified atom stereocenters. The molecule has 1 aromatic carbocycles. The number of benzene rings is 1. The summed E-state index contributed by atoms with van der Waals surface area (Å²) >= 11 is 0. The first-order chi connectivity index (χ1) is 8.34. The fourth-order valence-corrected chi connectivity index (χ4v) is 3.54. The third kappa shape index (κ3) is 1.99. The van der Waals surface area contributed by atoms with Crippen LogP contribution in [-0.4, -0.2) is 11.7 Å². The fourth-order valence-electron chi connectivity index (χ4n) is 3.54. The Hall–Kier alpha value is -0.820. The van der Waals surface area contributed by atoms with E-state index < -0.39 is 0 Å². The van der Waals surface area contributed by atoms with Crippen LogP contribution < -0.4 is 0 Å². The minimum absolute atomic E-state index is 0.227. The maximum atomic E-state index is 9.33. The van der Waals surface area contributed by atoms with Crippen molar-refractivity contribution in [1.82, 2.24) is 0 Å². The van der Waals surface area contributed by atoms with Crippen molar-refractivity contribution in [3.05, 3.63) is 34.9 Å². The summed E-state index contributed by atoms with van der Waals surface area (Å²) in [7, 11) is 0. The second kappa shape index (κ2) is 4.38. The lowest BCUT2D eigenvalue weighted by molar-refractivity contribution is 0.273. The molecule has 0 saturated carbocycles. The van der Waals surface area contributed by atoms with Crippen LogP contribution >= 0.6 is 0 Å². The molecule has 1 aliphatic rings. The van der Waals surface area contributed by atoms with Gasteiger partial charge in [0.15, 0.2) is 0 Å². The molecular weight excluding hydrogens is 220 g/mol. The van der Waals surface area contributed by atoms with Gasteiger partial charge in [-0.25, -0.2) is 0 Å². The summed E-state index contributed by atoms with van der Waals surface area (Å²) < 4.78 is 0. The molecule has 2 atom stereocenters. The Labute approximate surface area is 111 Å². The number of aliphatic hydroxyl groups excluding tert-OH is 1. The molecule has 0 spiro atoms. The largest absolute Gasteiger partial charge is 0.396 e. The van der Waals surface area contributed by atoms with Crippen LogP contribution in [0, 0.1) is 0 Å². The van der Waals surface area contributed by atoms with Crippen molar-refractivity contribution in [2.75, 3.05) is 6.61 Å². The SMILES string of the molecule is CCC1(C)CC(C)(C)c2ccc(C(C)CO)cc21. The van der Waals surface area contributed by atoms with Crippen molar-refractivity contribution < 1.29 is 5.11 Å². The highest BCUT2D eigenvalue weighted by Crippen LogP contribution is 2.51. The van der Waals surface area contributed by atoms with Crippen LogP contribution in [0.15, 0.2) is 18.2 Å². The van der Waals surface area contributed by atoms with Gasteiger partial charge in [0.05, 0.1) is 0 Å². The minimum atomic E-state index is 0.227. The van der Waals surface area contributed by atoms with Crippen molar-refractivity contribution in [3.63, 3.8) is 0 Å². The highest BCUT2D eigenvalue weighted by atomic mass is 16.3. The lowest BCUT2D eigenvalue weighted by Crippen LogP contribution is -2.20. The van der Waals surface area contributed by atoms with Gasteiger partial charge in [-0.1, -0.05) is 52.8 Å². The van der Waals surface area contributed by atoms with Crippen LogP contribution in [0.2, 0.25) is 0 Å². The van der Waals surface area contributed by atoms with Gasteiger partial charge in [0.25, 0.3) is 0 Å². The van der Waals surface area contributed by atoms with E-state index in [0.29, 0.717) is 5.41 Å². The molecule has 0 amide bonds. The molecule has 0 fully saturated rings. The molecule has 1 N–H and O–H groups in total. The zero-order chi connectivity index (χ0) is 13.6. The van der Waals surface area contributed by atoms with Gasteiger partial charge in [0, 0.05) is 12.5 Å². The van der Waals surface area contributed by atoms with E-state index >= 15 is 0 Å². The maximum absolute atomic E-state index is 9.33. The highest BCUT2D eigenvalue weighted by molar-refractivity contribution is 5.47. The van der Waals surface area contributed by atoms with Gasteiger partial charge in [-0.05, 0) is 40.4 Å². The van der Waals surface area contributed by atoms with Gasteiger partial charge in [-0.3, -0.25) is 0 Å². The minimum Gasteiger partial charge on any atom is -0.396 e. The average molecular weight is 246 g/mol. The lowest BCUT2D eigenvalue weighted by Gasteiger charge is -2.26. The van der Waals surface area contributed by atoms with Crippen molar-refractivity contribution in [2.24, 2.45) is 0 Å². The van der Waals surface area contributed by atoms with E-state index in [0.717, 1.165) is 0 Å². The second-order valence-corrected chi connectivity index (χ2v) is 6.86. The van der Waals surface area contributed by atoms with E-state index in [-0.39, 0.29) is 17.9 Å². The van der Waals surface area contributed by atoms with E-state index in [9.17, 15) is 5.11 Å². The van der Waals surface area contributed by atoms with Crippen LogP contribution in [0.5, 0.6) is 0 Å². The Balaban J connectivity index is 2.54. The van der Waals surface area contributed by atoms with Crippen LogP contribution in [0.4, 0.5) is 0 Å². The van der Waals surface area contributed by atoms with E-state index in [4.69, 9.17) is 0 Å². The van der Waals surface area contributed by atoms with E-state index in [1.165, 1.54) is 29.5 Å². The summed E-state index contributed by atoms with van der Waals surface area (Å²) in [5.41, 5.74) is 4.85. The molecule has 1 nitrogen and oxygen atoms in total. The maximum Gasteiger partial charge on any atom is 0.0497 e. The Kier molecular flexibility index (Phi) is 3.31. The number of hydrogen-bond donors (Lipinski definition) is 1. The van der Waals surface area contributed by atoms with Crippen molar-refractivity contribution >= 4 is 0 Å². The Morgan fingerprint density at radius 1 is 1.22 bits per heavy atom. The summed E-state index contributed by atoms with van der Waals surface area (Å²) in [5.74, 6) is 0.236. The zero-order valence-corrected chi connectivity index (χ0v) is 12.4. The molecule has 2 rings (SSSR count). The zero-order valence-electron chi connectivity index (χ0n) is 12.4. The fraction of sp³-hybridized carbons (Fsp3) is 0.647. The number of aliphatic hydroxyl groups is 1. The first kappa shape index (κ1) is 13.6. The Bertz CT molecular complexity index is 447. The van der Waals surface area contributed by atoms with Crippen LogP contribution in [-0.2, 0) is 10.8 Å². The molecule has 0 radical (unpaired) electrons. The van der Waals surface area contributed by atoms with Gasteiger partial charge in [-0.15, -0.1) is 0 Å². The molecule has 1 heteroatoms. The molecule has 0 aromatic heterocycles. The molecule has 0 bridgehead atoms. The molecule has 0 aliphatic heterocycles. The third-order valence-electron chi connectivity index (χ3n) is 4.88. The van der Waals surface area contributed by atoms with Crippen LogP contribution in [0.25, 0.3) is 0 Å². The van der Waals surface area contributed by atoms with E-state index in [2.05, 4.69) is 52.8 Å². The number of rotatable bonds is 3.